The lowest BCUT2D eigenvalue weighted by molar-refractivity contribution is 0.103. The number of ether oxygens (including phenoxy) is 1. The molecule has 0 aliphatic rings. The number of hydrogen-bond donors (Lipinski definition) is 1. The smallest absolute Gasteiger partial charge is 0.266 e. The number of carbonyl (C=O) groups is 1. The van der Waals surface area contributed by atoms with E-state index < -0.39 is 0 Å². The van der Waals surface area contributed by atoms with E-state index in [0.29, 0.717) is 23.8 Å². The Morgan fingerprint density at radius 2 is 1.84 bits per heavy atom. The predicted molar refractivity (Wildman–Crippen MR) is 131 cm³/mol. The van der Waals surface area contributed by atoms with Gasteiger partial charge in [-0.3, -0.25) is 9.48 Å². The Morgan fingerprint density at radius 3 is 2.58 bits per heavy atom. The van der Waals surface area contributed by atoms with Gasteiger partial charge in [0, 0.05) is 16.2 Å². The van der Waals surface area contributed by atoms with Crippen LogP contribution in [0.25, 0.3) is 0 Å². The molecule has 31 heavy (non-hydrogen) atoms. The number of carbonyl (C=O) groups excluding carboxylic acids is 1. The van der Waals surface area contributed by atoms with Crippen LogP contribution in [0.5, 0.6) is 5.75 Å². The molecule has 158 valence electrons. The maximum absolute atomic E-state index is 12.7. The fourth-order valence-electron chi connectivity index (χ4n) is 2.88. The summed E-state index contributed by atoms with van der Waals surface area (Å²) in [6.07, 6.45) is 1.85. The molecule has 0 saturated carbocycles. The molecule has 5 nitrogen and oxygen atoms in total. The van der Waals surface area contributed by atoms with Gasteiger partial charge in [0.2, 0.25) is 0 Å². The van der Waals surface area contributed by atoms with Crippen LogP contribution in [0.4, 0.5) is 5.82 Å². The number of aromatic nitrogens is 2. The number of aryl methyl sites for hydroxylation is 1. The van der Waals surface area contributed by atoms with Crippen molar-refractivity contribution in [2.24, 2.45) is 0 Å². The van der Waals surface area contributed by atoms with E-state index in [1.54, 1.807) is 4.68 Å². The van der Waals surface area contributed by atoms with E-state index in [-0.39, 0.29) is 5.91 Å². The summed E-state index contributed by atoms with van der Waals surface area (Å²) in [6, 6.07) is 17.8. The van der Waals surface area contributed by atoms with E-state index in [1.165, 1.54) is 16.9 Å². The normalized spacial score (nSPS) is 10.8. The van der Waals surface area contributed by atoms with Gasteiger partial charge in [0.25, 0.3) is 5.91 Å². The molecule has 0 fully saturated rings. The van der Waals surface area contributed by atoms with E-state index in [4.69, 9.17) is 4.74 Å². The van der Waals surface area contributed by atoms with Gasteiger partial charge < -0.3 is 10.1 Å². The van der Waals surface area contributed by atoms with E-state index in [0.717, 1.165) is 25.8 Å². The molecule has 0 radical (unpaired) electrons. The van der Waals surface area contributed by atoms with E-state index in [9.17, 15) is 4.79 Å². The van der Waals surface area contributed by atoms with Gasteiger partial charge in [-0.15, -0.1) is 11.3 Å². The summed E-state index contributed by atoms with van der Waals surface area (Å²) in [5.74, 6) is 1.11. The van der Waals surface area contributed by atoms with Crippen LogP contribution < -0.4 is 10.1 Å². The Bertz CT molecular complexity index is 1180. The molecular formula is C23H19Br2N3O2S. The van der Waals surface area contributed by atoms with Crippen molar-refractivity contribution in [2.75, 3.05) is 5.32 Å². The zero-order valence-corrected chi connectivity index (χ0v) is 20.6. The van der Waals surface area contributed by atoms with Crippen molar-refractivity contribution in [3.63, 3.8) is 0 Å². The summed E-state index contributed by atoms with van der Waals surface area (Å²) in [7, 11) is 0. The first-order valence-corrected chi connectivity index (χ1v) is 12.0. The number of nitrogens with one attached hydrogen (secondary N) is 1. The van der Waals surface area contributed by atoms with Crippen LogP contribution >= 0.6 is 43.2 Å². The monoisotopic (exact) mass is 559 g/mol. The summed E-state index contributed by atoms with van der Waals surface area (Å²) < 4.78 is 9.35. The third-order valence-electron chi connectivity index (χ3n) is 4.51. The fourth-order valence-corrected chi connectivity index (χ4v) is 4.35. The van der Waals surface area contributed by atoms with Gasteiger partial charge in [0.15, 0.2) is 5.82 Å². The molecule has 0 bridgehead atoms. The Morgan fingerprint density at radius 1 is 1.10 bits per heavy atom. The zero-order valence-electron chi connectivity index (χ0n) is 16.6. The van der Waals surface area contributed by atoms with Crippen molar-refractivity contribution < 1.29 is 9.53 Å². The standard InChI is InChI=1S/C23H19Br2N3O2S/c1-15-2-8-19(9-3-15)30-13-17-10-21(31-14-17)23(29)26-22-20(25)12-28(27-22)11-16-4-6-18(24)7-5-16/h2-10,12,14H,11,13H2,1H3,(H,26,27,29). The van der Waals surface area contributed by atoms with E-state index >= 15 is 0 Å². The zero-order chi connectivity index (χ0) is 21.8. The van der Waals surface area contributed by atoms with Gasteiger partial charge in [0.1, 0.15) is 12.4 Å². The number of amides is 1. The molecule has 4 aromatic rings. The minimum Gasteiger partial charge on any atom is -0.489 e. The number of nitrogens with zero attached hydrogens (tertiary/aromatic N) is 2. The van der Waals surface area contributed by atoms with Gasteiger partial charge in [-0.05, 0) is 64.1 Å². The third-order valence-corrected chi connectivity index (χ3v) is 6.60. The third kappa shape index (κ3) is 5.84. The minimum atomic E-state index is -0.193. The van der Waals surface area contributed by atoms with Crippen molar-refractivity contribution in [2.45, 2.75) is 20.1 Å². The highest BCUT2D eigenvalue weighted by atomic mass is 79.9. The lowest BCUT2D eigenvalue weighted by Gasteiger charge is -2.04. The lowest BCUT2D eigenvalue weighted by atomic mass is 10.2. The van der Waals surface area contributed by atoms with Crippen LogP contribution in [0, 0.1) is 6.92 Å². The van der Waals surface area contributed by atoms with Gasteiger partial charge in [-0.25, -0.2) is 0 Å². The molecule has 8 heteroatoms. The number of hydrogen-bond acceptors (Lipinski definition) is 4. The van der Waals surface area contributed by atoms with Crippen molar-refractivity contribution in [1.29, 1.82) is 0 Å². The quantitative estimate of drug-likeness (QED) is 0.275. The Balaban J connectivity index is 1.36. The molecule has 0 aliphatic heterocycles. The van der Waals surface area contributed by atoms with Crippen LogP contribution in [0.2, 0.25) is 0 Å². The molecule has 0 saturated heterocycles. The number of anilines is 1. The fraction of sp³-hybridized carbons (Fsp3) is 0.130. The first-order chi connectivity index (χ1) is 15.0. The first kappa shape index (κ1) is 21.8. The van der Waals surface area contributed by atoms with Crippen LogP contribution in [-0.2, 0) is 13.2 Å². The number of thiophene rings is 1. The van der Waals surface area contributed by atoms with Gasteiger partial charge >= 0.3 is 0 Å². The second-order valence-electron chi connectivity index (χ2n) is 7.02. The maximum atomic E-state index is 12.7. The molecule has 0 spiro atoms. The van der Waals surface area contributed by atoms with Gasteiger partial charge in [-0.1, -0.05) is 45.8 Å². The highest BCUT2D eigenvalue weighted by molar-refractivity contribution is 9.10. The molecular weight excluding hydrogens is 542 g/mol. The molecule has 0 atom stereocenters. The van der Waals surface area contributed by atoms with Crippen LogP contribution in [0.15, 0.2) is 75.1 Å². The molecule has 2 heterocycles. The number of rotatable bonds is 7. The summed E-state index contributed by atoms with van der Waals surface area (Å²) >= 11 is 8.30. The maximum Gasteiger partial charge on any atom is 0.266 e. The summed E-state index contributed by atoms with van der Waals surface area (Å²) in [5, 5.41) is 9.30. The molecule has 0 aliphatic carbocycles. The Labute approximate surface area is 201 Å². The molecule has 2 aromatic heterocycles. The number of halogens is 2. The second kappa shape index (κ2) is 9.80. The summed E-state index contributed by atoms with van der Waals surface area (Å²) in [5.41, 5.74) is 3.26. The topological polar surface area (TPSA) is 56.1 Å². The lowest BCUT2D eigenvalue weighted by Crippen LogP contribution is -2.11. The van der Waals surface area contributed by atoms with E-state index in [1.807, 2.05) is 73.1 Å². The average molecular weight is 561 g/mol. The second-order valence-corrected chi connectivity index (χ2v) is 9.71. The highest BCUT2D eigenvalue weighted by Crippen LogP contribution is 2.24. The van der Waals surface area contributed by atoms with Crippen molar-refractivity contribution in [3.8, 4) is 5.75 Å². The van der Waals surface area contributed by atoms with Crippen molar-refractivity contribution >= 4 is 54.9 Å². The SMILES string of the molecule is Cc1ccc(OCc2csc(C(=O)Nc3nn(Cc4ccc(Br)cc4)cc3Br)c2)cc1. The summed E-state index contributed by atoms with van der Waals surface area (Å²) in [4.78, 5) is 13.3. The Kier molecular flexibility index (Phi) is 6.89. The van der Waals surface area contributed by atoms with Crippen LogP contribution in [0.3, 0.4) is 0 Å². The molecule has 2 aromatic carbocycles. The molecule has 1 N–H and O–H groups in total. The minimum absolute atomic E-state index is 0.193. The van der Waals surface area contributed by atoms with Crippen molar-refractivity contribution in [3.05, 3.63) is 96.7 Å². The molecule has 4 rings (SSSR count). The molecule has 0 unspecified atom stereocenters. The van der Waals surface area contributed by atoms with Crippen LogP contribution in [-0.4, -0.2) is 15.7 Å². The Hall–Kier alpha value is -2.42. The van der Waals surface area contributed by atoms with Crippen molar-refractivity contribution in [1.82, 2.24) is 9.78 Å². The largest absolute Gasteiger partial charge is 0.489 e. The van der Waals surface area contributed by atoms with Crippen LogP contribution in [0.1, 0.15) is 26.4 Å². The van der Waals surface area contributed by atoms with Gasteiger partial charge in [0.05, 0.1) is 15.9 Å². The highest BCUT2D eigenvalue weighted by Gasteiger charge is 2.14. The predicted octanol–water partition coefficient (Wildman–Crippen LogP) is 6.66. The van der Waals surface area contributed by atoms with E-state index in [2.05, 4.69) is 42.3 Å². The van der Waals surface area contributed by atoms with Gasteiger partial charge in [-0.2, -0.15) is 5.10 Å². The number of benzene rings is 2. The first-order valence-electron chi connectivity index (χ1n) is 9.52. The molecule has 1 amide bonds. The average Bonchev–Trinajstić information content (AvgIpc) is 3.36. The summed E-state index contributed by atoms with van der Waals surface area (Å²) in [6.45, 7) is 3.06.